The molecule has 2 N–H and O–H groups in total. The number of hydrogen-bond donors (Lipinski definition) is 2. The van der Waals surface area contributed by atoms with E-state index in [1.165, 1.54) is 32.1 Å². The molecule has 3 rings (SSSR count). The predicted octanol–water partition coefficient (Wildman–Crippen LogP) is 1.63. The lowest BCUT2D eigenvalue weighted by Gasteiger charge is -2.13. The van der Waals surface area contributed by atoms with Crippen molar-refractivity contribution < 1.29 is 9.90 Å². The smallest absolute Gasteiger partial charge is 0.320 e. The fourth-order valence-corrected chi connectivity index (χ4v) is 3.90. The minimum atomic E-state index is -0.663. The highest BCUT2D eigenvalue weighted by Gasteiger charge is 2.60. The first-order valence-corrected chi connectivity index (χ1v) is 6.17. The molecule has 1 heterocycles. The van der Waals surface area contributed by atoms with Gasteiger partial charge in [-0.25, -0.2) is 0 Å². The fraction of sp³-hybridized carbons (Fsp3) is 0.917. The normalized spacial score (nSPS) is 45.1. The third-order valence-electron chi connectivity index (χ3n) is 4.83. The van der Waals surface area contributed by atoms with Crippen molar-refractivity contribution in [2.75, 3.05) is 6.54 Å². The Kier molecular flexibility index (Phi) is 2.06. The van der Waals surface area contributed by atoms with Crippen LogP contribution in [0.4, 0.5) is 0 Å². The van der Waals surface area contributed by atoms with E-state index in [1.54, 1.807) is 0 Å². The van der Waals surface area contributed by atoms with Gasteiger partial charge in [0.25, 0.3) is 0 Å². The first-order chi connectivity index (χ1) is 7.21. The van der Waals surface area contributed by atoms with E-state index >= 15 is 0 Å². The molecule has 0 radical (unpaired) electrons. The largest absolute Gasteiger partial charge is 0.480 e. The minimum Gasteiger partial charge on any atom is -0.480 e. The molecule has 3 nitrogen and oxygen atoms in total. The highest BCUT2D eigenvalue weighted by molar-refractivity contribution is 5.74. The van der Waals surface area contributed by atoms with Crippen molar-refractivity contribution in [3.05, 3.63) is 0 Å². The van der Waals surface area contributed by atoms with Gasteiger partial charge in [-0.15, -0.1) is 0 Å². The lowest BCUT2D eigenvalue weighted by Crippen LogP contribution is -2.29. The number of carboxylic acids is 1. The molecule has 1 unspecified atom stereocenters. The van der Waals surface area contributed by atoms with Crippen molar-refractivity contribution in [1.82, 2.24) is 5.32 Å². The standard InChI is InChI=1S/C12H19NO2/c14-11(15)10-6-12(7-13-10)5-9(12)8-3-1-2-4-8/h8-10,13H,1-7H2,(H,14,15)/t9-,10+,12?/m1/s1. The van der Waals surface area contributed by atoms with Crippen molar-refractivity contribution in [2.24, 2.45) is 17.3 Å². The van der Waals surface area contributed by atoms with Gasteiger partial charge in [0.05, 0.1) is 0 Å². The summed E-state index contributed by atoms with van der Waals surface area (Å²) in [6.45, 7) is 0.950. The molecule has 3 heteroatoms. The molecule has 2 saturated carbocycles. The third kappa shape index (κ3) is 1.48. The lowest BCUT2D eigenvalue weighted by molar-refractivity contribution is -0.139. The van der Waals surface area contributed by atoms with Crippen LogP contribution in [-0.2, 0) is 4.79 Å². The first kappa shape index (κ1) is 9.64. The molecule has 1 saturated heterocycles. The van der Waals surface area contributed by atoms with Crippen LogP contribution in [0.25, 0.3) is 0 Å². The Labute approximate surface area is 90.2 Å². The topological polar surface area (TPSA) is 49.3 Å². The van der Waals surface area contributed by atoms with Crippen molar-refractivity contribution in [2.45, 2.75) is 44.6 Å². The summed E-state index contributed by atoms with van der Waals surface area (Å²) in [5.74, 6) is 1.10. The van der Waals surface area contributed by atoms with Gasteiger partial charge in [0.15, 0.2) is 0 Å². The van der Waals surface area contributed by atoms with Crippen LogP contribution < -0.4 is 5.32 Å². The maximum atomic E-state index is 10.9. The van der Waals surface area contributed by atoms with Gasteiger partial charge < -0.3 is 10.4 Å². The maximum absolute atomic E-state index is 10.9. The average Bonchev–Trinajstić information content (AvgIpc) is 2.64. The zero-order chi connectivity index (χ0) is 10.5. The number of hydrogen-bond acceptors (Lipinski definition) is 2. The molecular weight excluding hydrogens is 190 g/mol. The quantitative estimate of drug-likeness (QED) is 0.726. The molecular formula is C12H19NO2. The second-order valence-electron chi connectivity index (χ2n) is 5.69. The molecule has 0 amide bonds. The van der Waals surface area contributed by atoms with Crippen molar-refractivity contribution in [3.63, 3.8) is 0 Å². The van der Waals surface area contributed by atoms with Crippen molar-refractivity contribution >= 4 is 5.97 Å². The molecule has 0 aromatic rings. The number of rotatable bonds is 2. The van der Waals surface area contributed by atoms with Gasteiger partial charge in [0, 0.05) is 6.54 Å². The van der Waals surface area contributed by atoms with E-state index in [0.29, 0.717) is 5.41 Å². The van der Waals surface area contributed by atoms with Crippen LogP contribution in [0.3, 0.4) is 0 Å². The Morgan fingerprint density at radius 2 is 2.00 bits per heavy atom. The second-order valence-corrected chi connectivity index (χ2v) is 5.69. The van der Waals surface area contributed by atoms with E-state index in [-0.39, 0.29) is 6.04 Å². The van der Waals surface area contributed by atoms with Gasteiger partial charge in [-0.2, -0.15) is 0 Å². The van der Waals surface area contributed by atoms with Gasteiger partial charge in [-0.1, -0.05) is 25.7 Å². The summed E-state index contributed by atoms with van der Waals surface area (Å²) in [6.07, 6.45) is 7.74. The Bertz CT molecular complexity index is 285. The molecule has 3 atom stereocenters. The van der Waals surface area contributed by atoms with Gasteiger partial charge in [-0.05, 0) is 30.1 Å². The Hall–Kier alpha value is -0.570. The van der Waals surface area contributed by atoms with E-state index in [2.05, 4.69) is 5.32 Å². The average molecular weight is 209 g/mol. The van der Waals surface area contributed by atoms with E-state index in [1.807, 2.05) is 0 Å². The molecule has 0 aromatic carbocycles. The van der Waals surface area contributed by atoms with Crippen LogP contribution in [0.1, 0.15) is 38.5 Å². The molecule has 15 heavy (non-hydrogen) atoms. The predicted molar refractivity (Wildman–Crippen MR) is 56.5 cm³/mol. The lowest BCUT2D eigenvalue weighted by atomic mass is 9.91. The molecule has 3 aliphatic rings. The summed E-state index contributed by atoms with van der Waals surface area (Å²) < 4.78 is 0. The van der Waals surface area contributed by atoms with Crippen LogP contribution in [-0.4, -0.2) is 23.7 Å². The maximum Gasteiger partial charge on any atom is 0.320 e. The fourth-order valence-electron chi connectivity index (χ4n) is 3.90. The highest BCUT2D eigenvalue weighted by Crippen LogP contribution is 2.63. The van der Waals surface area contributed by atoms with Crippen LogP contribution in [0.15, 0.2) is 0 Å². The summed E-state index contributed by atoms with van der Waals surface area (Å²) in [6, 6.07) is -0.267. The molecule has 1 spiro atoms. The summed E-state index contributed by atoms with van der Waals surface area (Å²) in [5, 5.41) is 12.1. The van der Waals surface area contributed by atoms with Crippen molar-refractivity contribution in [1.29, 1.82) is 0 Å². The summed E-state index contributed by atoms with van der Waals surface area (Å²) >= 11 is 0. The number of carboxylic acid groups (broad SMARTS) is 1. The van der Waals surface area contributed by atoms with Crippen LogP contribution in [0.2, 0.25) is 0 Å². The Morgan fingerprint density at radius 3 is 2.60 bits per heavy atom. The SMILES string of the molecule is O=C(O)[C@@H]1CC2(CN1)C[C@@H]2C1CCCC1. The number of nitrogens with one attached hydrogen (secondary N) is 1. The molecule has 1 aliphatic heterocycles. The Morgan fingerprint density at radius 1 is 1.27 bits per heavy atom. The summed E-state index contributed by atoms with van der Waals surface area (Å²) in [4.78, 5) is 10.9. The molecule has 0 bridgehead atoms. The minimum absolute atomic E-state index is 0.267. The number of carbonyl (C=O) groups is 1. The monoisotopic (exact) mass is 209 g/mol. The molecule has 84 valence electrons. The molecule has 2 aliphatic carbocycles. The number of aliphatic carboxylic acids is 1. The van der Waals surface area contributed by atoms with E-state index < -0.39 is 5.97 Å². The Balaban J connectivity index is 1.63. The van der Waals surface area contributed by atoms with E-state index in [9.17, 15) is 4.79 Å². The summed E-state index contributed by atoms with van der Waals surface area (Å²) in [7, 11) is 0. The summed E-state index contributed by atoms with van der Waals surface area (Å²) in [5.41, 5.74) is 0.387. The zero-order valence-electron chi connectivity index (χ0n) is 9.04. The first-order valence-electron chi connectivity index (χ1n) is 6.17. The van der Waals surface area contributed by atoms with Gasteiger partial charge >= 0.3 is 5.97 Å². The second kappa shape index (κ2) is 3.21. The van der Waals surface area contributed by atoms with Gasteiger partial charge in [0.1, 0.15) is 6.04 Å². The van der Waals surface area contributed by atoms with E-state index in [4.69, 9.17) is 5.11 Å². The molecule has 0 aromatic heterocycles. The van der Waals surface area contributed by atoms with Crippen LogP contribution in [0.5, 0.6) is 0 Å². The van der Waals surface area contributed by atoms with Crippen molar-refractivity contribution in [3.8, 4) is 0 Å². The van der Waals surface area contributed by atoms with Crippen LogP contribution >= 0.6 is 0 Å². The molecule has 3 fully saturated rings. The van der Waals surface area contributed by atoms with Gasteiger partial charge in [-0.3, -0.25) is 4.79 Å². The zero-order valence-corrected chi connectivity index (χ0v) is 9.04. The highest BCUT2D eigenvalue weighted by atomic mass is 16.4. The van der Waals surface area contributed by atoms with Gasteiger partial charge in [0.2, 0.25) is 0 Å². The van der Waals surface area contributed by atoms with Crippen LogP contribution in [0, 0.1) is 17.3 Å². The van der Waals surface area contributed by atoms with E-state index in [0.717, 1.165) is 24.8 Å². The third-order valence-corrected chi connectivity index (χ3v) is 4.83.